The lowest BCUT2D eigenvalue weighted by molar-refractivity contribution is -0.459. The van der Waals surface area contributed by atoms with Gasteiger partial charge in [0.05, 0.1) is 16.9 Å². The molecule has 0 unspecified atom stereocenters. The quantitative estimate of drug-likeness (QED) is 0.126. The largest absolute Gasteiger partial charge is 0.492 e. The highest BCUT2D eigenvalue weighted by Crippen LogP contribution is 2.51. The Morgan fingerprint density at radius 1 is 0.717 bits per heavy atom. The van der Waals surface area contributed by atoms with Crippen molar-refractivity contribution in [3.05, 3.63) is 90.0 Å². The van der Waals surface area contributed by atoms with Crippen LogP contribution in [0.5, 0.6) is 17.2 Å². The van der Waals surface area contributed by atoms with Crippen molar-refractivity contribution >= 4 is 30.7 Å². The predicted molar refractivity (Wildman–Crippen MR) is 145 cm³/mol. The third-order valence-electron chi connectivity index (χ3n) is 6.55. The maximum absolute atomic E-state index is 14.9. The molecule has 18 heteroatoms. The number of halogens is 8. The number of fused-ring (bicyclic) bond motifs is 1. The molecular formula is C28H20F8O8S2. The second kappa shape index (κ2) is 11.7. The van der Waals surface area contributed by atoms with Crippen molar-refractivity contribution in [2.45, 2.75) is 40.1 Å². The van der Waals surface area contributed by atoms with E-state index in [9.17, 15) is 52.0 Å². The van der Waals surface area contributed by atoms with Crippen molar-refractivity contribution < 1.29 is 70.7 Å². The molecule has 0 bridgehead atoms. The minimum atomic E-state index is -7.12. The predicted octanol–water partition coefficient (Wildman–Crippen LogP) is 7.56. The van der Waals surface area contributed by atoms with Crippen molar-refractivity contribution in [3.8, 4) is 17.2 Å². The van der Waals surface area contributed by atoms with Gasteiger partial charge in [-0.05, 0) is 60.3 Å². The van der Waals surface area contributed by atoms with Crippen LogP contribution < -0.4 is 9.47 Å². The average molecular weight is 701 g/mol. The topological polar surface area (TPSA) is 116 Å². The monoisotopic (exact) mass is 700 g/mol. The van der Waals surface area contributed by atoms with Crippen molar-refractivity contribution in [3.63, 3.8) is 0 Å². The molecular weight excluding hydrogens is 680 g/mol. The van der Waals surface area contributed by atoms with Crippen LogP contribution in [0.1, 0.15) is 11.1 Å². The lowest BCUT2D eigenvalue weighted by Gasteiger charge is -2.32. The molecule has 0 atom stereocenters. The lowest BCUT2D eigenvalue weighted by Crippen LogP contribution is -2.55. The molecule has 0 spiro atoms. The van der Waals surface area contributed by atoms with Crippen LogP contribution >= 0.6 is 0 Å². The first-order chi connectivity index (χ1) is 21.1. The molecule has 248 valence electrons. The van der Waals surface area contributed by atoms with E-state index < -0.39 is 64.3 Å². The van der Waals surface area contributed by atoms with Gasteiger partial charge in [-0.3, -0.25) is 4.55 Å². The third-order valence-corrected chi connectivity index (χ3v) is 9.20. The normalized spacial score (nSPS) is 13.5. The van der Waals surface area contributed by atoms with Crippen molar-refractivity contribution in [1.29, 1.82) is 0 Å². The van der Waals surface area contributed by atoms with Gasteiger partial charge in [-0.15, -0.1) is 0 Å². The van der Waals surface area contributed by atoms with E-state index in [0.29, 0.717) is 17.2 Å². The summed E-state index contributed by atoms with van der Waals surface area (Å²) in [4.78, 5) is -1.59. The number of hydrogen-bond donors (Lipinski definition) is 1. The van der Waals surface area contributed by atoms with Crippen molar-refractivity contribution in [1.82, 2.24) is 0 Å². The maximum Gasteiger partial charge on any atom is 0.460 e. The highest BCUT2D eigenvalue weighted by molar-refractivity contribution is 7.91. The lowest BCUT2D eigenvalue weighted by atomic mass is 10.0. The van der Waals surface area contributed by atoms with Gasteiger partial charge in [-0.1, -0.05) is 36.4 Å². The van der Waals surface area contributed by atoms with Gasteiger partial charge in [0.15, 0.2) is 11.5 Å². The molecule has 0 aliphatic rings. The molecule has 0 aliphatic carbocycles. The summed E-state index contributed by atoms with van der Waals surface area (Å²) in [6.07, 6.45) is -13.4. The van der Waals surface area contributed by atoms with E-state index >= 15 is 0 Å². The average Bonchev–Trinajstić information content (AvgIpc) is 2.96. The molecule has 0 amide bonds. The number of alkyl halides is 8. The minimum absolute atomic E-state index is 0.00857. The Kier molecular flexibility index (Phi) is 8.84. The van der Waals surface area contributed by atoms with Gasteiger partial charge in [0.1, 0.15) is 5.75 Å². The molecule has 0 saturated heterocycles. The van der Waals surface area contributed by atoms with E-state index in [4.69, 9.17) is 14.0 Å². The molecule has 0 aliphatic heterocycles. The Labute approximate surface area is 255 Å². The molecule has 1 N–H and O–H groups in total. The Morgan fingerprint density at radius 2 is 1.30 bits per heavy atom. The van der Waals surface area contributed by atoms with Gasteiger partial charge >= 0.3 is 33.5 Å². The molecule has 0 saturated carbocycles. The molecule has 0 fully saturated rings. The highest BCUT2D eigenvalue weighted by Gasteiger charge is 2.74. The number of aryl methyl sites for hydroxylation is 1. The summed E-state index contributed by atoms with van der Waals surface area (Å²) in [5.41, 5.74) is -2.75. The fourth-order valence-corrected chi connectivity index (χ4v) is 5.79. The maximum atomic E-state index is 14.9. The number of ether oxygens (including phenoxy) is 3. The molecule has 4 aromatic rings. The van der Waals surface area contributed by atoms with E-state index in [0.717, 1.165) is 30.5 Å². The van der Waals surface area contributed by atoms with Gasteiger partial charge in [-0.25, -0.2) is 13.2 Å². The summed E-state index contributed by atoms with van der Waals surface area (Å²) in [7, 11) is -10.5. The summed E-state index contributed by atoms with van der Waals surface area (Å²) < 4.78 is 182. The van der Waals surface area contributed by atoms with Gasteiger partial charge < -0.3 is 9.47 Å². The number of hydrogen-bond acceptors (Lipinski definition) is 7. The summed E-state index contributed by atoms with van der Waals surface area (Å²) in [5.74, 6) is -5.23. The number of sulfone groups is 1. The zero-order valence-corrected chi connectivity index (χ0v) is 24.8. The van der Waals surface area contributed by atoms with Crippen LogP contribution in [-0.4, -0.2) is 46.0 Å². The Bertz CT molecular complexity index is 2000. The van der Waals surface area contributed by atoms with E-state index in [1.807, 2.05) is 12.1 Å². The van der Waals surface area contributed by atoms with E-state index in [-0.39, 0.29) is 17.6 Å². The third kappa shape index (κ3) is 6.08. The first-order valence-corrected chi connectivity index (χ1v) is 15.4. The van der Waals surface area contributed by atoms with Gasteiger partial charge in [0.25, 0.3) is 0 Å². The molecule has 0 radical (unpaired) electrons. The van der Waals surface area contributed by atoms with Gasteiger partial charge in [0.2, 0.25) is 9.84 Å². The molecule has 0 heterocycles. The van der Waals surface area contributed by atoms with Crippen LogP contribution in [0.25, 0.3) is 10.8 Å². The summed E-state index contributed by atoms with van der Waals surface area (Å²) in [6, 6.07) is 16.2. The van der Waals surface area contributed by atoms with Crippen molar-refractivity contribution in [2.75, 3.05) is 7.11 Å². The molecule has 0 aromatic heterocycles. The summed E-state index contributed by atoms with van der Waals surface area (Å²) in [6.45, 7) is 0.744. The van der Waals surface area contributed by atoms with Crippen LogP contribution in [0.3, 0.4) is 0 Å². The highest BCUT2D eigenvalue weighted by atomic mass is 32.2. The van der Waals surface area contributed by atoms with Crippen LogP contribution in [-0.2, 0) is 30.6 Å². The second-order valence-electron chi connectivity index (χ2n) is 9.57. The SMILES string of the molecule is COc1c(Oc2ccc(S(=O)(=O)c3ccc(C)c(C(F)(F)C(F)(F)OC(F)(F)C(F)(F)S(=O)(=O)O)c3)cc2)ccc2ccccc12. The molecule has 46 heavy (non-hydrogen) atoms. The number of methoxy groups -OCH3 is 1. The van der Waals surface area contributed by atoms with Crippen LogP contribution in [0.2, 0.25) is 0 Å². The Morgan fingerprint density at radius 3 is 1.89 bits per heavy atom. The van der Waals surface area contributed by atoms with E-state index in [1.54, 1.807) is 24.3 Å². The van der Waals surface area contributed by atoms with E-state index in [1.165, 1.54) is 19.2 Å². The second-order valence-corrected chi connectivity index (χ2v) is 13.0. The molecule has 8 nitrogen and oxygen atoms in total. The van der Waals surface area contributed by atoms with Gasteiger partial charge in [0, 0.05) is 10.9 Å². The summed E-state index contributed by atoms with van der Waals surface area (Å²) in [5, 5.41) is -5.22. The number of benzene rings is 4. The first kappa shape index (κ1) is 34.9. The molecule has 4 rings (SSSR count). The van der Waals surface area contributed by atoms with Crippen molar-refractivity contribution in [2.24, 2.45) is 0 Å². The standard InChI is InChI=1S/C28H20F8O8S2/c1-16-7-11-20(15-22(16)25(29,30)26(31,32)44-27(33,34)28(35,36)46(39,40)41)45(37,38)19-12-9-18(10-13-19)43-23-14-8-17-5-3-4-6-21(17)24(23)42-2/h3-15H,1-2H3,(H,39,40,41). The Hall–Kier alpha value is -4.00. The number of rotatable bonds is 11. The van der Waals surface area contributed by atoms with E-state index in [2.05, 4.69) is 4.74 Å². The summed E-state index contributed by atoms with van der Waals surface area (Å²) >= 11 is 0. The zero-order chi connectivity index (χ0) is 34.5. The zero-order valence-electron chi connectivity index (χ0n) is 23.2. The van der Waals surface area contributed by atoms with Crippen LogP contribution in [0, 0.1) is 6.92 Å². The fraction of sp³-hybridized carbons (Fsp3) is 0.214. The minimum Gasteiger partial charge on any atom is -0.492 e. The molecule has 4 aromatic carbocycles. The fourth-order valence-electron chi connectivity index (χ4n) is 4.16. The Balaban J connectivity index is 1.65. The van der Waals surface area contributed by atoms with Crippen LogP contribution in [0.4, 0.5) is 35.1 Å². The first-order valence-electron chi connectivity index (χ1n) is 12.4. The van der Waals surface area contributed by atoms with Crippen LogP contribution in [0.15, 0.2) is 88.7 Å². The van der Waals surface area contributed by atoms with Gasteiger partial charge in [-0.2, -0.15) is 43.5 Å². The smallest absolute Gasteiger partial charge is 0.460 e.